The van der Waals surface area contributed by atoms with Crippen molar-refractivity contribution in [3.63, 3.8) is 0 Å². The van der Waals surface area contributed by atoms with Gasteiger partial charge in [0.25, 0.3) is 0 Å². The summed E-state index contributed by atoms with van der Waals surface area (Å²) in [5, 5.41) is 7.61. The molecule has 2 N–H and O–H groups in total. The number of hydrogen-bond donors (Lipinski definition) is 1. The molecule has 2 aromatic heterocycles. The van der Waals surface area contributed by atoms with Gasteiger partial charge in [0.1, 0.15) is 11.5 Å². The van der Waals surface area contributed by atoms with Crippen molar-refractivity contribution in [2.45, 2.75) is 0 Å². The first-order valence-electron chi connectivity index (χ1n) is 3.60. The van der Waals surface area contributed by atoms with Crippen molar-refractivity contribution in [3.8, 4) is 11.5 Å². The summed E-state index contributed by atoms with van der Waals surface area (Å²) in [7, 11) is 0. The van der Waals surface area contributed by atoms with E-state index in [4.69, 9.17) is 10.2 Å². The molecule has 0 bridgehead atoms. The van der Waals surface area contributed by atoms with Crippen molar-refractivity contribution in [3.05, 3.63) is 28.9 Å². The number of anilines is 1. The number of nitrogen functional groups attached to an aromatic ring is 1. The predicted octanol–water partition coefficient (Wildman–Crippen LogP) is 2.08. The van der Waals surface area contributed by atoms with Crippen LogP contribution >= 0.6 is 15.9 Å². The molecular formula is C8H6BrN3O. The van der Waals surface area contributed by atoms with Gasteiger partial charge in [0, 0.05) is 0 Å². The van der Waals surface area contributed by atoms with E-state index in [2.05, 4.69) is 26.1 Å². The molecule has 0 unspecified atom stereocenters. The minimum atomic E-state index is 0.395. The van der Waals surface area contributed by atoms with Gasteiger partial charge in [0.05, 0.1) is 10.7 Å². The van der Waals surface area contributed by atoms with Crippen LogP contribution in [-0.2, 0) is 0 Å². The maximum Gasteiger partial charge on any atom is 0.168 e. The smallest absolute Gasteiger partial charge is 0.168 e. The van der Waals surface area contributed by atoms with E-state index in [1.165, 1.54) is 0 Å². The second-order valence-corrected chi connectivity index (χ2v) is 3.30. The van der Waals surface area contributed by atoms with E-state index >= 15 is 0 Å². The highest BCUT2D eigenvalue weighted by atomic mass is 79.9. The van der Waals surface area contributed by atoms with Gasteiger partial charge in [0.15, 0.2) is 5.76 Å². The van der Waals surface area contributed by atoms with Crippen LogP contribution in [0.4, 0.5) is 5.82 Å². The SMILES string of the molecule is Nc1ccc(-c2occc2Br)nn1. The highest BCUT2D eigenvalue weighted by Gasteiger charge is 2.07. The number of hydrogen-bond acceptors (Lipinski definition) is 4. The Morgan fingerprint density at radius 3 is 2.62 bits per heavy atom. The lowest BCUT2D eigenvalue weighted by atomic mass is 10.3. The standard InChI is InChI=1S/C8H6BrN3O/c9-5-3-4-13-8(5)6-1-2-7(10)12-11-6/h1-4H,(H2,10,12). The Hall–Kier alpha value is -1.36. The number of furan rings is 1. The summed E-state index contributed by atoms with van der Waals surface area (Å²) in [6, 6.07) is 5.23. The summed E-state index contributed by atoms with van der Waals surface area (Å²) in [5.41, 5.74) is 6.06. The maximum atomic E-state index is 5.40. The fraction of sp³-hybridized carbons (Fsp3) is 0. The molecule has 0 aliphatic heterocycles. The average Bonchev–Trinajstić information content (AvgIpc) is 2.53. The average molecular weight is 240 g/mol. The molecule has 5 heteroatoms. The molecule has 0 aliphatic carbocycles. The third kappa shape index (κ3) is 1.55. The van der Waals surface area contributed by atoms with Crippen LogP contribution < -0.4 is 5.73 Å². The predicted molar refractivity (Wildman–Crippen MR) is 51.8 cm³/mol. The lowest BCUT2D eigenvalue weighted by Gasteiger charge is -1.95. The van der Waals surface area contributed by atoms with Crippen LogP contribution in [0.2, 0.25) is 0 Å². The normalized spacial score (nSPS) is 10.2. The van der Waals surface area contributed by atoms with Crippen LogP contribution in [-0.4, -0.2) is 10.2 Å². The fourth-order valence-electron chi connectivity index (χ4n) is 0.940. The highest BCUT2D eigenvalue weighted by Crippen LogP contribution is 2.27. The molecular weight excluding hydrogens is 234 g/mol. The number of halogens is 1. The van der Waals surface area contributed by atoms with Gasteiger partial charge in [-0.25, -0.2) is 0 Å². The van der Waals surface area contributed by atoms with Gasteiger partial charge >= 0.3 is 0 Å². The van der Waals surface area contributed by atoms with Crippen LogP contribution in [0.25, 0.3) is 11.5 Å². The molecule has 13 heavy (non-hydrogen) atoms. The monoisotopic (exact) mass is 239 g/mol. The zero-order valence-electron chi connectivity index (χ0n) is 6.57. The Morgan fingerprint density at radius 1 is 1.23 bits per heavy atom. The lowest BCUT2D eigenvalue weighted by Crippen LogP contribution is -1.93. The molecule has 66 valence electrons. The molecule has 0 aromatic carbocycles. The number of nitrogens with zero attached hydrogens (tertiary/aromatic N) is 2. The summed E-state index contributed by atoms with van der Waals surface area (Å²) in [6.07, 6.45) is 1.58. The van der Waals surface area contributed by atoms with Gasteiger partial charge in [-0.05, 0) is 34.1 Å². The van der Waals surface area contributed by atoms with E-state index in [9.17, 15) is 0 Å². The summed E-state index contributed by atoms with van der Waals surface area (Å²) in [5.74, 6) is 1.05. The number of rotatable bonds is 1. The molecule has 0 atom stereocenters. The third-order valence-corrected chi connectivity index (χ3v) is 2.16. The minimum Gasteiger partial charge on any atom is -0.461 e. The van der Waals surface area contributed by atoms with Crippen LogP contribution in [0, 0.1) is 0 Å². The Morgan fingerprint density at radius 2 is 2.08 bits per heavy atom. The topological polar surface area (TPSA) is 64.9 Å². The first-order valence-corrected chi connectivity index (χ1v) is 4.39. The second-order valence-electron chi connectivity index (χ2n) is 2.44. The van der Waals surface area contributed by atoms with Gasteiger partial charge in [-0.2, -0.15) is 0 Å². The van der Waals surface area contributed by atoms with Crippen molar-refractivity contribution < 1.29 is 4.42 Å². The molecule has 4 nitrogen and oxygen atoms in total. The van der Waals surface area contributed by atoms with Crippen LogP contribution in [0.3, 0.4) is 0 Å². The zero-order valence-corrected chi connectivity index (χ0v) is 8.15. The molecule has 2 rings (SSSR count). The van der Waals surface area contributed by atoms with Crippen LogP contribution in [0.15, 0.2) is 33.4 Å². The maximum absolute atomic E-state index is 5.40. The quantitative estimate of drug-likeness (QED) is 0.828. The van der Waals surface area contributed by atoms with Crippen LogP contribution in [0.5, 0.6) is 0 Å². The van der Waals surface area contributed by atoms with Crippen molar-refractivity contribution in [2.24, 2.45) is 0 Å². The minimum absolute atomic E-state index is 0.395. The van der Waals surface area contributed by atoms with Crippen molar-refractivity contribution in [1.29, 1.82) is 0 Å². The van der Waals surface area contributed by atoms with E-state index in [0.29, 0.717) is 17.3 Å². The molecule has 2 aromatic rings. The summed E-state index contributed by atoms with van der Waals surface area (Å²) in [6.45, 7) is 0. The first-order chi connectivity index (χ1) is 6.27. The Bertz CT molecular complexity index is 410. The molecule has 2 heterocycles. The van der Waals surface area contributed by atoms with Gasteiger partial charge in [0.2, 0.25) is 0 Å². The van der Waals surface area contributed by atoms with E-state index < -0.39 is 0 Å². The summed E-state index contributed by atoms with van der Waals surface area (Å²) in [4.78, 5) is 0. The number of nitrogens with two attached hydrogens (primary N) is 1. The molecule has 0 aliphatic rings. The summed E-state index contributed by atoms with van der Waals surface area (Å²) >= 11 is 3.33. The second kappa shape index (κ2) is 3.18. The van der Waals surface area contributed by atoms with Gasteiger partial charge in [-0.1, -0.05) is 0 Å². The molecule has 0 saturated carbocycles. The highest BCUT2D eigenvalue weighted by molar-refractivity contribution is 9.10. The van der Waals surface area contributed by atoms with E-state index in [0.717, 1.165) is 4.47 Å². The largest absolute Gasteiger partial charge is 0.461 e. The Labute approximate surface area is 82.9 Å². The molecule has 0 radical (unpaired) electrons. The van der Waals surface area contributed by atoms with E-state index in [1.54, 1.807) is 24.5 Å². The third-order valence-electron chi connectivity index (χ3n) is 1.53. The first kappa shape index (κ1) is 8.25. The molecule has 0 saturated heterocycles. The van der Waals surface area contributed by atoms with E-state index in [-0.39, 0.29) is 0 Å². The van der Waals surface area contributed by atoms with Crippen molar-refractivity contribution in [2.75, 3.05) is 5.73 Å². The molecule has 0 fully saturated rings. The Kier molecular flexibility index (Phi) is 2.02. The van der Waals surface area contributed by atoms with Gasteiger partial charge in [-0.15, -0.1) is 10.2 Å². The Balaban J connectivity index is 2.47. The lowest BCUT2D eigenvalue weighted by molar-refractivity contribution is 0.577. The number of aromatic nitrogens is 2. The van der Waals surface area contributed by atoms with Crippen molar-refractivity contribution >= 4 is 21.7 Å². The zero-order chi connectivity index (χ0) is 9.26. The van der Waals surface area contributed by atoms with E-state index in [1.807, 2.05) is 0 Å². The van der Waals surface area contributed by atoms with Gasteiger partial charge < -0.3 is 10.2 Å². The summed E-state index contributed by atoms with van der Waals surface area (Å²) < 4.78 is 6.05. The van der Waals surface area contributed by atoms with Gasteiger partial charge in [-0.3, -0.25) is 0 Å². The van der Waals surface area contributed by atoms with Crippen molar-refractivity contribution in [1.82, 2.24) is 10.2 Å². The molecule has 0 spiro atoms. The fourth-order valence-corrected chi connectivity index (χ4v) is 1.34. The van der Waals surface area contributed by atoms with Crippen LogP contribution in [0.1, 0.15) is 0 Å². The molecule has 0 amide bonds.